The van der Waals surface area contributed by atoms with Gasteiger partial charge in [0, 0.05) is 19.2 Å². The lowest BCUT2D eigenvalue weighted by Crippen LogP contribution is -2.19. The predicted molar refractivity (Wildman–Crippen MR) is 167 cm³/mol. The number of carboxylic acid groups (broad SMARTS) is 1. The van der Waals surface area contributed by atoms with Gasteiger partial charge in [-0.3, -0.25) is 0 Å². The van der Waals surface area contributed by atoms with Gasteiger partial charge in [-0.15, -0.1) is 0 Å². The largest absolute Gasteiger partial charge is 0.550 e. The second kappa shape index (κ2) is 41.8. The number of unbranched alkanes of at least 4 members (excludes halogenated alkanes) is 22. The smallest absolute Gasteiger partial charge is 0.0742 e. The molecule has 39 heavy (non-hydrogen) atoms. The second-order valence-corrected chi connectivity index (χ2v) is 11.1. The van der Waals surface area contributed by atoms with E-state index in [2.05, 4.69) is 13.8 Å². The topological polar surface area (TPSA) is 89.8 Å². The molecule has 0 saturated carbocycles. The molecule has 0 rings (SSSR count). The second-order valence-electron chi connectivity index (χ2n) is 11.1. The van der Waals surface area contributed by atoms with Crippen LogP contribution in [0.25, 0.3) is 0 Å². The molecule has 0 fully saturated rings. The van der Waals surface area contributed by atoms with E-state index in [1.54, 1.807) is 0 Å². The van der Waals surface area contributed by atoms with E-state index in [0.717, 1.165) is 13.2 Å². The van der Waals surface area contributed by atoms with Gasteiger partial charge in [-0.25, -0.2) is 0 Å². The summed E-state index contributed by atoms with van der Waals surface area (Å²) in [4.78, 5) is 9.26. The number of aliphatic hydroxyl groups is 2. The number of carbonyl (C=O) groups is 1. The van der Waals surface area contributed by atoms with Crippen molar-refractivity contribution in [2.45, 2.75) is 194 Å². The van der Waals surface area contributed by atoms with Crippen molar-refractivity contribution in [3.05, 3.63) is 0 Å². The molecule has 0 aromatic heterocycles. The number of aliphatic hydroxyl groups excluding tert-OH is 2. The molecule has 0 aliphatic heterocycles. The molecule has 238 valence electrons. The maximum absolute atomic E-state index is 9.26. The Balaban J connectivity index is -0.00000109. The quantitative estimate of drug-likeness (QED) is 0.0934. The molecule has 5 heteroatoms. The highest BCUT2D eigenvalue weighted by Gasteiger charge is 1.96. The van der Waals surface area contributed by atoms with Gasteiger partial charge in [0.15, 0.2) is 0 Å². The van der Waals surface area contributed by atoms with Crippen LogP contribution >= 0.6 is 0 Å². The van der Waals surface area contributed by atoms with Gasteiger partial charge in [0.25, 0.3) is 0 Å². The van der Waals surface area contributed by atoms with Crippen molar-refractivity contribution in [2.75, 3.05) is 19.8 Å². The van der Waals surface area contributed by atoms with Crippen LogP contribution in [0.4, 0.5) is 0 Å². The normalized spacial score (nSPS) is 11.3. The maximum atomic E-state index is 9.26. The zero-order chi connectivity index (χ0) is 29.7. The summed E-state index contributed by atoms with van der Waals surface area (Å²) in [5, 5.41) is 25.3. The SMILES string of the molecule is CC(O)CO.CCC(=O)[O-].CCCCCCCCCCCCCCOCCCCCCCCCCCCCC. The average Bonchev–Trinajstić information content (AvgIpc) is 2.93. The summed E-state index contributed by atoms with van der Waals surface area (Å²) in [7, 11) is 0. The van der Waals surface area contributed by atoms with Crippen LogP contribution in [0.15, 0.2) is 0 Å². The van der Waals surface area contributed by atoms with Crippen molar-refractivity contribution >= 4 is 5.97 Å². The van der Waals surface area contributed by atoms with Crippen molar-refractivity contribution in [1.82, 2.24) is 0 Å². The number of hydrogen-bond acceptors (Lipinski definition) is 5. The third kappa shape index (κ3) is 54.2. The summed E-state index contributed by atoms with van der Waals surface area (Å²) in [6.45, 7) is 9.51. The Morgan fingerprint density at radius 1 is 0.564 bits per heavy atom. The van der Waals surface area contributed by atoms with Crippen LogP contribution in [0.2, 0.25) is 0 Å². The summed E-state index contributed by atoms with van der Waals surface area (Å²) in [6.07, 6.45) is 33.7. The van der Waals surface area contributed by atoms with E-state index in [9.17, 15) is 9.90 Å². The van der Waals surface area contributed by atoms with Crippen molar-refractivity contribution in [3.8, 4) is 0 Å². The zero-order valence-electron chi connectivity index (χ0n) is 27.0. The van der Waals surface area contributed by atoms with Crippen LogP contribution in [0.3, 0.4) is 0 Å². The van der Waals surface area contributed by atoms with E-state index in [1.165, 1.54) is 168 Å². The highest BCUT2D eigenvalue weighted by atomic mass is 16.5. The number of aliphatic carboxylic acids is 1. The lowest BCUT2D eigenvalue weighted by molar-refractivity contribution is -0.305. The van der Waals surface area contributed by atoms with Gasteiger partial charge >= 0.3 is 0 Å². The Bertz CT molecular complexity index is 388. The molecule has 5 nitrogen and oxygen atoms in total. The minimum absolute atomic E-state index is 0.111. The van der Waals surface area contributed by atoms with Crippen molar-refractivity contribution in [1.29, 1.82) is 0 Å². The first-order valence-electron chi connectivity index (χ1n) is 17.0. The van der Waals surface area contributed by atoms with Gasteiger partial charge in [-0.05, 0) is 26.2 Å². The molecule has 0 heterocycles. The highest BCUT2D eigenvalue weighted by Crippen LogP contribution is 2.13. The standard InChI is InChI=1S/C28H58O.C3H8O2.C3H6O2/c1-3-5-7-9-11-13-15-17-19-21-23-25-27-29-28-26-24-22-20-18-16-14-12-10-8-6-4-2;1-3(5)2-4;1-2-3(4)5/h3-28H2,1-2H3;3-5H,2H2,1H3;2H2,1H3,(H,4,5)/p-1. The third-order valence-electron chi connectivity index (χ3n) is 6.84. The number of ether oxygens (including phenoxy) is 1. The maximum Gasteiger partial charge on any atom is 0.0742 e. The zero-order valence-corrected chi connectivity index (χ0v) is 27.0. The van der Waals surface area contributed by atoms with Gasteiger partial charge in [-0.2, -0.15) is 0 Å². The molecule has 0 aromatic rings. The van der Waals surface area contributed by atoms with Gasteiger partial charge in [-0.1, -0.05) is 162 Å². The van der Waals surface area contributed by atoms with E-state index in [1.807, 2.05) is 0 Å². The molecule has 0 radical (unpaired) electrons. The van der Waals surface area contributed by atoms with E-state index in [-0.39, 0.29) is 13.0 Å². The van der Waals surface area contributed by atoms with E-state index in [4.69, 9.17) is 14.9 Å². The highest BCUT2D eigenvalue weighted by molar-refractivity contribution is 5.63. The first kappa shape index (κ1) is 42.8. The van der Waals surface area contributed by atoms with E-state index >= 15 is 0 Å². The number of carbonyl (C=O) groups excluding carboxylic acids is 1. The molecule has 0 aliphatic rings. The van der Waals surface area contributed by atoms with Crippen molar-refractivity contribution in [3.63, 3.8) is 0 Å². The van der Waals surface area contributed by atoms with Crippen molar-refractivity contribution in [2.24, 2.45) is 0 Å². The van der Waals surface area contributed by atoms with Crippen LogP contribution < -0.4 is 5.11 Å². The molecule has 0 aromatic carbocycles. The van der Waals surface area contributed by atoms with Crippen LogP contribution in [0.5, 0.6) is 0 Å². The minimum Gasteiger partial charge on any atom is -0.550 e. The Hall–Kier alpha value is -0.650. The molecule has 0 aliphatic carbocycles. The number of rotatable bonds is 28. The predicted octanol–water partition coefficient (Wildman–Crippen LogP) is 8.91. The summed E-state index contributed by atoms with van der Waals surface area (Å²) in [6, 6.07) is 0. The molecular weight excluding hydrogens is 488 g/mol. The summed E-state index contributed by atoms with van der Waals surface area (Å²) < 4.78 is 5.82. The molecule has 2 N–H and O–H groups in total. The number of carboxylic acids is 1. The fourth-order valence-corrected chi connectivity index (χ4v) is 4.19. The fourth-order valence-electron chi connectivity index (χ4n) is 4.19. The van der Waals surface area contributed by atoms with Gasteiger partial charge in [0.1, 0.15) is 0 Å². The molecule has 0 spiro atoms. The molecule has 1 atom stereocenters. The fraction of sp³-hybridized carbons (Fsp3) is 0.971. The number of hydrogen-bond donors (Lipinski definition) is 2. The molecule has 1 unspecified atom stereocenters. The van der Waals surface area contributed by atoms with Crippen LogP contribution in [0, 0.1) is 0 Å². The lowest BCUT2D eigenvalue weighted by Gasteiger charge is -2.05. The molecule has 0 bridgehead atoms. The van der Waals surface area contributed by atoms with Crippen LogP contribution in [-0.2, 0) is 9.53 Å². The van der Waals surface area contributed by atoms with Gasteiger partial charge in [0.05, 0.1) is 12.7 Å². The Morgan fingerprint density at radius 3 is 0.949 bits per heavy atom. The first-order chi connectivity index (χ1) is 19.0. The monoisotopic (exact) mass is 560 g/mol. The summed E-state index contributed by atoms with van der Waals surface area (Å²) in [5.41, 5.74) is 0. The Labute approximate surface area is 244 Å². The lowest BCUT2D eigenvalue weighted by atomic mass is 10.1. The van der Waals surface area contributed by atoms with Gasteiger partial charge in [0.2, 0.25) is 0 Å². The third-order valence-corrected chi connectivity index (χ3v) is 6.84. The van der Waals surface area contributed by atoms with Crippen molar-refractivity contribution < 1.29 is 24.9 Å². The molecule has 0 amide bonds. The van der Waals surface area contributed by atoms with E-state index < -0.39 is 12.1 Å². The Morgan fingerprint density at radius 2 is 0.769 bits per heavy atom. The van der Waals surface area contributed by atoms with Gasteiger partial charge < -0.3 is 24.9 Å². The van der Waals surface area contributed by atoms with Crippen LogP contribution in [0.1, 0.15) is 188 Å². The Kier molecular flexibility index (Phi) is 45.9. The minimum atomic E-state index is -0.995. The van der Waals surface area contributed by atoms with Crippen LogP contribution in [-0.4, -0.2) is 42.1 Å². The van der Waals surface area contributed by atoms with E-state index in [0.29, 0.717) is 0 Å². The first-order valence-corrected chi connectivity index (χ1v) is 17.0. The average molecular weight is 560 g/mol. The summed E-state index contributed by atoms with van der Waals surface area (Å²) in [5.74, 6) is -0.995. The summed E-state index contributed by atoms with van der Waals surface area (Å²) >= 11 is 0. The molecular formula is C34H71O5-. The molecule has 0 saturated heterocycles.